The third kappa shape index (κ3) is 0.492. The zero-order valence-corrected chi connectivity index (χ0v) is 5.53. The van der Waals surface area contributed by atoms with E-state index >= 15 is 0 Å². The lowest BCUT2D eigenvalue weighted by atomic mass is 10.5. The summed E-state index contributed by atoms with van der Waals surface area (Å²) in [6.45, 7) is 1.81. The number of aromatic nitrogens is 2. The van der Waals surface area contributed by atoms with E-state index in [-0.39, 0.29) is 5.91 Å². The number of rotatable bonds is 0. The number of hydrogen-bond donors (Lipinski definition) is 0. The number of fused-ring (bicyclic) bond motifs is 1. The Morgan fingerprint density at radius 2 is 2.30 bits per heavy atom. The molecule has 1 aliphatic rings. The molecule has 0 saturated heterocycles. The van der Waals surface area contributed by atoms with Crippen LogP contribution in [0.2, 0.25) is 0 Å². The van der Waals surface area contributed by atoms with E-state index in [4.69, 9.17) is 0 Å². The summed E-state index contributed by atoms with van der Waals surface area (Å²) in [4.78, 5) is 15.0. The molecule has 0 fully saturated rings. The molecule has 0 aliphatic carbocycles. The Labute approximate surface area is 58.0 Å². The molecule has 0 radical (unpaired) electrons. The van der Waals surface area contributed by atoms with Crippen molar-refractivity contribution in [3.8, 4) is 0 Å². The number of imidazole rings is 1. The predicted molar refractivity (Wildman–Crippen MR) is 36.6 cm³/mol. The molecule has 0 N–H and O–H groups in total. The highest BCUT2D eigenvalue weighted by atomic mass is 16.2. The molecule has 1 aromatic heterocycles. The second-order valence-electron chi connectivity index (χ2n) is 2.24. The maximum Gasteiger partial charge on any atom is 0.256 e. The Morgan fingerprint density at radius 3 is 3.00 bits per heavy atom. The zero-order valence-electron chi connectivity index (χ0n) is 5.53. The fourth-order valence-electron chi connectivity index (χ4n) is 1.10. The van der Waals surface area contributed by atoms with Crippen LogP contribution in [0.25, 0.3) is 6.08 Å². The van der Waals surface area contributed by atoms with Gasteiger partial charge in [-0.1, -0.05) is 0 Å². The average Bonchev–Trinajstić information content (AvgIpc) is 2.40. The van der Waals surface area contributed by atoms with E-state index in [0.717, 1.165) is 11.5 Å². The molecule has 0 amide bonds. The van der Waals surface area contributed by atoms with E-state index in [0.29, 0.717) is 0 Å². The van der Waals surface area contributed by atoms with Gasteiger partial charge in [-0.25, -0.2) is 4.98 Å². The van der Waals surface area contributed by atoms with E-state index in [1.54, 1.807) is 22.9 Å². The topological polar surface area (TPSA) is 34.9 Å². The fraction of sp³-hybridized carbons (Fsp3) is 0.143. The van der Waals surface area contributed by atoms with Crippen LogP contribution in [0.4, 0.5) is 0 Å². The summed E-state index contributed by atoms with van der Waals surface area (Å²) in [7, 11) is 0. The molecule has 2 heterocycles. The van der Waals surface area contributed by atoms with E-state index in [1.807, 2.05) is 6.92 Å². The van der Waals surface area contributed by atoms with E-state index in [1.165, 1.54) is 0 Å². The van der Waals surface area contributed by atoms with Gasteiger partial charge in [-0.3, -0.25) is 9.36 Å². The van der Waals surface area contributed by atoms with Crippen molar-refractivity contribution in [1.29, 1.82) is 0 Å². The van der Waals surface area contributed by atoms with Crippen molar-refractivity contribution < 1.29 is 4.79 Å². The molecule has 3 nitrogen and oxygen atoms in total. The summed E-state index contributed by atoms with van der Waals surface area (Å²) < 4.78 is 1.58. The van der Waals surface area contributed by atoms with E-state index in [9.17, 15) is 4.79 Å². The van der Waals surface area contributed by atoms with Gasteiger partial charge in [-0.15, -0.1) is 0 Å². The number of aryl methyl sites for hydroxylation is 1. The summed E-state index contributed by atoms with van der Waals surface area (Å²) in [6, 6.07) is 0. The fourth-order valence-corrected chi connectivity index (χ4v) is 1.10. The molecule has 0 spiro atoms. The Hall–Kier alpha value is -1.38. The normalized spacial score (nSPS) is 14.3. The SMILES string of the molecule is Cc1ncc2n1C(=O)C=C2. The molecule has 0 saturated carbocycles. The summed E-state index contributed by atoms with van der Waals surface area (Å²) in [5.74, 6) is 0.759. The summed E-state index contributed by atoms with van der Waals surface area (Å²) >= 11 is 0. The van der Waals surface area contributed by atoms with Crippen molar-refractivity contribution in [3.05, 3.63) is 23.8 Å². The molecule has 10 heavy (non-hydrogen) atoms. The average molecular weight is 134 g/mol. The van der Waals surface area contributed by atoms with Crippen LogP contribution in [0.1, 0.15) is 16.3 Å². The highest BCUT2D eigenvalue weighted by Gasteiger charge is 2.14. The van der Waals surface area contributed by atoms with Gasteiger partial charge in [0.1, 0.15) is 5.82 Å². The minimum Gasteiger partial charge on any atom is -0.269 e. The molecular formula is C7H6N2O. The van der Waals surface area contributed by atoms with Crippen molar-refractivity contribution >= 4 is 12.0 Å². The molecule has 0 atom stereocenters. The van der Waals surface area contributed by atoms with Crippen LogP contribution in [0, 0.1) is 6.92 Å². The Kier molecular flexibility index (Phi) is 0.845. The van der Waals surface area contributed by atoms with Crippen molar-refractivity contribution in [1.82, 2.24) is 9.55 Å². The zero-order chi connectivity index (χ0) is 7.14. The molecule has 50 valence electrons. The predicted octanol–water partition coefficient (Wildman–Crippen LogP) is 0.859. The first-order chi connectivity index (χ1) is 4.79. The summed E-state index contributed by atoms with van der Waals surface area (Å²) in [6.07, 6.45) is 5.00. The van der Waals surface area contributed by atoms with E-state index < -0.39 is 0 Å². The Balaban J connectivity index is 2.74. The second-order valence-corrected chi connectivity index (χ2v) is 2.24. The van der Waals surface area contributed by atoms with Crippen molar-refractivity contribution in [2.75, 3.05) is 0 Å². The molecule has 0 aromatic carbocycles. The lowest BCUT2D eigenvalue weighted by Gasteiger charge is -1.94. The van der Waals surface area contributed by atoms with Gasteiger partial charge >= 0.3 is 0 Å². The quantitative estimate of drug-likeness (QED) is 0.527. The number of nitrogens with zero attached hydrogens (tertiary/aromatic N) is 2. The van der Waals surface area contributed by atoms with Crippen LogP contribution in [-0.2, 0) is 0 Å². The second kappa shape index (κ2) is 1.56. The first-order valence-electron chi connectivity index (χ1n) is 3.06. The van der Waals surface area contributed by atoms with Gasteiger partial charge in [0.05, 0.1) is 11.9 Å². The number of carbonyl (C=O) groups excluding carboxylic acids is 1. The molecule has 1 aromatic rings. The third-order valence-electron chi connectivity index (χ3n) is 1.58. The molecule has 0 bridgehead atoms. The smallest absolute Gasteiger partial charge is 0.256 e. The van der Waals surface area contributed by atoms with Crippen LogP contribution in [-0.4, -0.2) is 15.5 Å². The van der Waals surface area contributed by atoms with Gasteiger partial charge < -0.3 is 0 Å². The highest BCUT2D eigenvalue weighted by molar-refractivity contribution is 5.99. The Morgan fingerprint density at radius 1 is 1.50 bits per heavy atom. The third-order valence-corrected chi connectivity index (χ3v) is 1.58. The lowest BCUT2D eigenvalue weighted by Crippen LogP contribution is -2.05. The summed E-state index contributed by atoms with van der Waals surface area (Å²) in [5.41, 5.74) is 0.877. The standard InChI is InChI=1S/C7H6N2O/c1-5-8-4-6-2-3-7(10)9(5)6/h2-4H,1H3. The summed E-state index contributed by atoms with van der Waals surface area (Å²) in [5, 5.41) is 0. The van der Waals surface area contributed by atoms with E-state index in [2.05, 4.69) is 4.98 Å². The maximum atomic E-state index is 11.0. The Bertz CT molecular complexity index is 322. The number of hydrogen-bond acceptors (Lipinski definition) is 2. The van der Waals surface area contributed by atoms with Crippen LogP contribution >= 0.6 is 0 Å². The van der Waals surface area contributed by atoms with Crippen molar-refractivity contribution in [2.45, 2.75) is 6.92 Å². The molecule has 1 aliphatic heterocycles. The number of allylic oxidation sites excluding steroid dienone is 1. The van der Waals surface area contributed by atoms with Gasteiger partial charge in [-0.05, 0) is 13.0 Å². The molecule has 2 rings (SSSR count). The first kappa shape index (κ1) is 5.41. The maximum absolute atomic E-state index is 11.0. The largest absolute Gasteiger partial charge is 0.269 e. The van der Waals surface area contributed by atoms with Crippen LogP contribution in [0.15, 0.2) is 12.3 Å². The van der Waals surface area contributed by atoms with Gasteiger partial charge in [0, 0.05) is 6.08 Å². The molecule has 0 unspecified atom stereocenters. The van der Waals surface area contributed by atoms with Crippen LogP contribution in [0.3, 0.4) is 0 Å². The van der Waals surface area contributed by atoms with Gasteiger partial charge in [0.25, 0.3) is 5.91 Å². The minimum atomic E-state index is 0.00463. The van der Waals surface area contributed by atoms with Crippen LogP contribution < -0.4 is 0 Å². The molecular weight excluding hydrogens is 128 g/mol. The van der Waals surface area contributed by atoms with Crippen molar-refractivity contribution in [3.63, 3.8) is 0 Å². The molecule has 3 heteroatoms. The lowest BCUT2D eigenvalue weighted by molar-refractivity contribution is 0.0972. The van der Waals surface area contributed by atoms with Gasteiger partial charge in [0.2, 0.25) is 0 Å². The minimum absolute atomic E-state index is 0.00463. The van der Waals surface area contributed by atoms with Gasteiger partial charge in [-0.2, -0.15) is 0 Å². The number of carbonyl (C=O) groups is 1. The first-order valence-corrected chi connectivity index (χ1v) is 3.06. The van der Waals surface area contributed by atoms with Crippen molar-refractivity contribution in [2.24, 2.45) is 0 Å². The monoisotopic (exact) mass is 134 g/mol. The van der Waals surface area contributed by atoms with Gasteiger partial charge in [0.15, 0.2) is 0 Å². The van der Waals surface area contributed by atoms with Crippen LogP contribution in [0.5, 0.6) is 0 Å². The highest BCUT2D eigenvalue weighted by Crippen LogP contribution is 2.12.